The van der Waals surface area contributed by atoms with E-state index in [1.807, 2.05) is 47.9 Å². The van der Waals surface area contributed by atoms with E-state index < -0.39 is 11.0 Å². The number of amides is 1. The van der Waals surface area contributed by atoms with Gasteiger partial charge in [0.1, 0.15) is 0 Å². The predicted molar refractivity (Wildman–Crippen MR) is 132 cm³/mol. The standard InChI is InChI=1S/C24H21F2N5OS2/c1-15-3-7-19(8-4-15)31-21(17-11-13-27-14-12-17)29-30-24(31)33-16(2)22(32)28-18-5-9-20(10-6-18)34-23(25)26/h3-14,16,23H,1-2H3,(H,28,32). The maximum absolute atomic E-state index is 12.8. The number of nitrogens with one attached hydrogen (secondary N) is 1. The van der Waals surface area contributed by atoms with Crippen LogP contribution in [0.1, 0.15) is 12.5 Å². The molecule has 0 bridgehead atoms. The smallest absolute Gasteiger partial charge is 0.288 e. The van der Waals surface area contributed by atoms with E-state index in [0.717, 1.165) is 16.8 Å². The predicted octanol–water partition coefficient (Wildman–Crippen LogP) is 6.07. The van der Waals surface area contributed by atoms with Crippen LogP contribution in [0.3, 0.4) is 0 Å². The summed E-state index contributed by atoms with van der Waals surface area (Å²) < 4.78 is 26.9. The summed E-state index contributed by atoms with van der Waals surface area (Å²) >= 11 is 1.74. The number of hydrogen-bond acceptors (Lipinski definition) is 6. The van der Waals surface area contributed by atoms with Gasteiger partial charge in [0, 0.05) is 34.2 Å². The summed E-state index contributed by atoms with van der Waals surface area (Å²) in [6, 6.07) is 18.0. The first-order valence-corrected chi connectivity index (χ1v) is 12.1. The van der Waals surface area contributed by atoms with Gasteiger partial charge in [-0.3, -0.25) is 14.3 Å². The van der Waals surface area contributed by atoms with Gasteiger partial charge in [0.25, 0.3) is 5.76 Å². The van der Waals surface area contributed by atoms with E-state index in [4.69, 9.17) is 0 Å². The van der Waals surface area contributed by atoms with E-state index in [9.17, 15) is 13.6 Å². The Hall–Kier alpha value is -3.24. The second kappa shape index (κ2) is 10.8. The molecule has 2 heterocycles. The van der Waals surface area contributed by atoms with Gasteiger partial charge in [0.05, 0.1) is 5.25 Å². The minimum Gasteiger partial charge on any atom is -0.325 e. The Morgan fingerprint density at radius 3 is 2.26 bits per heavy atom. The highest BCUT2D eigenvalue weighted by Gasteiger charge is 2.22. The van der Waals surface area contributed by atoms with Crippen LogP contribution in [0.2, 0.25) is 0 Å². The van der Waals surface area contributed by atoms with E-state index in [1.54, 1.807) is 43.6 Å². The maximum Gasteiger partial charge on any atom is 0.288 e. The Bertz CT molecular complexity index is 1250. The monoisotopic (exact) mass is 497 g/mol. The second-order valence-corrected chi connectivity index (χ2v) is 9.74. The largest absolute Gasteiger partial charge is 0.325 e. The van der Waals surface area contributed by atoms with Crippen LogP contribution < -0.4 is 5.32 Å². The number of carbonyl (C=O) groups excluding carboxylic acids is 1. The number of nitrogens with zero attached hydrogens (tertiary/aromatic N) is 4. The number of rotatable bonds is 8. The topological polar surface area (TPSA) is 72.7 Å². The first-order valence-electron chi connectivity index (χ1n) is 10.4. The fraction of sp³-hybridized carbons (Fsp3) is 0.167. The van der Waals surface area contributed by atoms with E-state index in [2.05, 4.69) is 20.5 Å². The van der Waals surface area contributed by atoms with Gasteiger partial charge in [-0.1, -0.05) is 41.2 Å². The average Bonchev–Trinajstić information content (AvgIpc) is 3.24. The number of halogens is 2. The van der Waals surface area contributed by atoms with Crippen molar-refractivity contribution in [3.05, 3.63) is 78.6 Å². The number of benzene rings is 2. The zero-order valence-corrected chi connectivity index (χ0v) is 20.0. The van der Waals surface area contributed by atoms with Gasteiger partial charge in [0.15, 0.2) is 11.0 Å². The normalized spacial score (nSPS) is 12.0. The van der Waals surface area contributed by atoms with Crippen molar-refractivity contribution in [1.82, 2.24) is 19.7 Å². The zero-order chi connectivity index (χ0) is 24.1. The molecule has 34 heavy (non-hydrogen) atoms. The molecule has 1 amide bonds. The molecule has 1 N–H and O–H groups in total. The molecule has 2 aromatic heterocycles. The summed E-state index contributed by atoms with van der Waals surface area (Å²) in [5, 5.41) is 11.7. The molecule has 0 saturated carbocycles. The first kappa shape index (κ1) is 23.9. The van der Waals surface area contributed by atoms with E-state index in [-0.39, 0.29) is 5.91 Å². The summed E-state index contributed by atoms with van der Waals surface area (Å²) in [6.45, 7) is 3.79. The Kier molecular flexibility index (Phi) is 7.59. The Balaban J connectivity index is 1.55. The molecule has 0 fully saturated rings. The summed E-state index contributed by atoms with van der Waals surface area (Å²) in [7, 11) is 0. The van der Waals surface area contributed by atoms with Crippen molar-refractivity contribution in [2.45, 2.75) is 34.9 Å². The number of anilines is 1. The van der Waals surface area contributed by atoms with Crippen molar-refractivity contribution in [3.8, 4) is 17.1 Å². The van der Waals surface area contributed by atoms with Crippen molar-refractivity contribution >= 4 is 35.1 Å². The molecule has 174 valence electrons. The molecule has 10 heteroatoms. The zero-order valence-electron chi connectivity index (χ0n) is 18.4. The van der Waals surface area contributed by atoms with Gasteiger partial charge < -0.3 is 5.32 Å². The van der Waals surface area contributed by atoms with E-state index >= 15 is 0 Å². The van der Waals surface area contributed by atoms with Crippen LogP contribution in [0.25, 0.3) is 17.1 Å². The number of aryl methyl sites for hydroxylation is 1. The molecule has 0 radical (unpaired) electrons. The minimum atomic E-state index is -2.49. The lowest BCUT2D eigenvalue weighted by atomic mass is 10.2. The fourth-order valence-corrected chi connectivity index (χ4v) is 4.50. The van der Waals surface area contributed by atoms with Crippen LogP contribution in [0.5, 0.6) is 0 Å². The van der Waals surface area contributed by atoms with Crippen molar-refractivity contribution < 1.29 is 13.6 Å². The van der Waals surface area contributed by atoms with Gasteiger partial charge in [0.2, 0.25) is 5.91 Å². The van der Waals surface area contributed by atoms with Crippen LogP contribution in [-0.4, -0.2) is 36.7 Å². The number of thioether (sulfide) groups is 2. The molecule has 1 unspecified atom stereocenters. The highest BCUT2D eigenvalue weighted by molar-refractivity contribution is 8.00. The first-order chi connectivity index (χ1) is 16.4. The molecule has 6 nitrogen and oxygen atoms in total. The number of pyridine rings is 1. The van der Waals surface area contributed by atoms with Gasteiger partial charge in [-0.05, 0) is 62.4 Å². The van der Waals surface area contributed by atoms with Crippen LogP contribution >= 0.6 is 23.5 Å². The fourth-order valence-electron chi connectivity index (χ4n) is 3.14. The summed E-state index contributed by atoms with van der Waals surface area (Å²) in [6.07, 6.45) is 3.38. The quantitative estimate of drug-likeness (QED) is 0.298. The molecular weight excluding hydrogens is 476 g/mol. The Morgan fingerprint density at radius 2 is 1.62 bits per heavy atom. The van der Waals surface area contributed by atoms with Crippen molar-refractivity contribution in [1.29, 1.82) is 0 Å². The van der Waals surface area contributed by atoms with Gasteiger partial charge >= 0.3 is 0 Å². The molecule has 0 aliphatic carbocycles. The lowest BCUT2D eigenvalue weighted by molar-refractivity contribution is -0.115. The third kappa shape index (κ3) is 5.81. The number of alkyl halides is 2. The van der Waals surface area contributed by atoms with Crippen molar-refractivity contribution in [3.63, 3.8) is 0 Å². The molecule has 1 atom stereocenters. The summed E-state index contributed by atoms with van der Waals surface area (Å²) in [4.78, 5) is 17.3. The molecule has 2 aromatic carbocycles. The van der Waals surface area contributed by atoms with Crippen LogP contribution in [0.4, 0.5) is 14.5 Å². The van der Waals surface area contributed by atoms with Gasteiger partial charge in [-0.25, -0.2) is 0 Å². The average molecular weight is 498 g/mol. The number of hydrogen-bond donors (Lipinski definition) is 1. The van der Waals surface area contributed by atoms with Gasteiger partial charge in [-0.15, -0.1) is 10.2 Å². The third-order valence-corrected chi connectivity index (χ3v) is 6.63. The maximum atomic E-state index is 12.8. The van der Waals surface area contributed by atoms with E-state index in [0.29, 0.717) is 33.3 Å². The molecule has 0 spiro atoms. The minimum absolute atomic E-state index is 0.233. The van der Waals surface area contributed by atoms with Crippen LogP contribution in [-0.2, 0) is 4.79 Å². The number of carbonyl (C=O) groups is 1. The molecule has 0 aliphatic rings. The molecule has 0 aliphatic heterocycles. The van der Waals surface area contributed by atoms with Crippen LogP contribution in [0.15, 0.2) is 83.1 Å². The SMILES string of the molecule is Cc1ccc(-n2c(SC(C)C(=O)Nc3ccc(SC(F)F)cc3)nnc2-c2ccncc2)cc1. The Labute approximate surface area is 204 Å². The molecule has 4 aromatic rings. The molecular formula is C24H21F2N5OS2. The summed E-state index contributed by atoms with van der Waals surface area (Å²) in [5.74, 6) is -2.07. The molecule has 0 saturated heterocycles. The van der Waals surface area contributed by atoms with E-state index in [1.165, 1.54) is 11.8 Å². The Morgan fingerprint density at radius 1 is 0.941 bits per heavy atom. The third-order valence-electron chi connectivity index (χ3n) is 4.86. The second-order valence-electron chi connectivity index (χ2n) is 7.37. The highest BCUT2D eigenvalue weighted by atomic mass is 32.2. The number of aromatic nitrogens is 4. The van der Waals surface area contributed by atoms with Gasteiger partial charge in [-0.2, -0.15) is 8.78 Å². The molecule has 4 rings (SSSR count). The lowest BCUT2D eigenvalue weighted by Crippen LogP contribution is -2.22. The van der Waals surface area contributed by atoms with Crippen molar-refractivity contribution in [2.75, 3.05) is 5.32 Å². The van der Waals surface area contributed by atoms with Crippen molar-refractivity contribution in [2.24, 2.45) is 0 Å². The lowest BCUT2D eigenvalue weighted by Gasteiger charge is -2.14. The van der Waals surface area contributed by atoms with Crippen LogP contribution in [0, 0.1) is 6.92 Å². The highest BCUT2D eigenvalue weighted by Crippen LogP contribution is 2.31. The summed E-state index contributed by atoms with van der Waals surface area (Å²) in [5.41, 5.74) is 3.40.